The van der Waals surface area contributed by atoms with Crippen LogP contribution in [0.5, 0.6) is 0 Å². The van der Waals surface area contributed by atoms with Crippen LogP contribution < -0.4 is 5.32 Å². The van der Waals surface area contributed by atoms with Gasteiger partial charge >= 0.3 is 0 Å². The molecule has 1 N–H and O–H groups in total. The van der Waals surface area contributed by atoms with Crippen molar-refractivity contribution in [2.75, 3.05) is 13.1 Å². The molecule has 140 valence electrons. The van der Waals surface area contributed by atoms with Crippen LogP contribution >= 0.6 is 0 Å². The lowest BCUT2D eigenvalue weighted by Crippen LogP contribution is -2.49. The number of fused-ring (bicyclic) bond motifs is 1. The van der Waals surface area contributed by atoms with Crippen molar-refractivity contribution in [1.29, 1.82) is 0 Å². The van der Waals surface area contributed by atoms with Crippen molar-refractivity contribution >= 4 is 22.8 Å². The van der Waals surface area contributed by atoms with E-state index in [2.05, 4.69) is 15.4 Å². The molecule has 1 fully saturated rings. The summed E-state index contributed by atoms with van der Waals surface area (Å²) in [7, 11) is 0. The van der Waals surface area contributed by atoms with Crippen LogP contribution in [0.2, 0.25) is 0 Å². The van der Waals surface area contributed by atoms with E-state index >= 15 is 0 Å². The highest BCUT2D eigenvalue weighted by Crippen LogP contribution is 2.19. The number of nitrogens with zero attached hydrogens (tertiary/aromatic N) is 4. The molecule has 3 heterocycles. The number of rotatable bonds is 5. The first-order valence-corrected chi connectivity index (χ1v) is 9.41. The normalized spacial score (nSPS) is 17.7. The summed E-state index contributed by atoms with van der Waals surface area (Å²) in [5, 5.41) is 8.26. The van der Waals surface area contributed by atoms with Crippen LogP contribution in [0.3, 0.4) is 0 Å². The average Bonchev–Trinajstić information content (AvgIpc) is 3.05. The Bertz CT molecular complexity index is 798. The third-order valence-electron chi connectivity index (χ3n) is 4.72. The largest absolute Gasteiger partial charge is 0.352 e. The number of piperidine rings is 1. The number of amides is 2. The van der Waals surface area contributed by atoms with E-state index in [0.717, 1.165) is 30.3 Å². The smallest absolute Gasteiger partial charge is 0.255 e. The third-order valence-corrected chi connectivity index (χ3v) is 4.72. The van der Waals surface area contributed by atoms with Gasteiger partial charge in [-0.15, -0.1) is 0 Å². The summed E-state index contributed by atoms with van der Waals surface area (Å²) in [5.74, 6) is 0.0297. The van der Waals surface area contributed by atoms with Crippen molar-refractivity contribution in [2.45, 2.75) is 58.5 Å². The van der Waals surface area contributed by atoms with Gasteiger partial charge in [0.25, 0.3) is 5.91 Å². The zero-order valence-electron chi connectivity index (χ0n) is 15.7. The average molecular weight is 357 g/mol. The number of aromatic nitrogens is 3. The molecule has 7 nitrogen and oxygen atoms in total. The predicted octanol–water partition coefficient (Wildman–Crippen LogP) is 2.53. The van der Waals surface area contributed by atoms with Gasteiger partial charge in [-0.1, -0.05) is 6.92 Å². The first kappa shape index (κ1) is 18.4. The van der Waals surface area contributed by atoms with Crippen LogP contribution in [0.1, 0.15) is 62.9 Å². The first-order chi connectivity index (χ1) is 12.5. The van der Waals surface area contributed by atoms with Gasteiger partial charge in [0.1, 0.15) is 0 Å². The summed E-state index contributed by atoms with van der Waals surface area (Å²) in [6, 6.07) is 2.11. The molecule has 1 aliphatic heterocycles. The van der Waals surface area contributed by atoms with Gasteiger partial charge in [-0.2, -0.15) is 5.10 Å². The standard InChI is InChI=1S/C19H27N5O2/c1-4-6-17(25)22-16-7-5-8-23(12-16)19(26)15-9-14-11-21-24(13(2)3)18(14)20-10-15/h9-11,13,16H,4-8,12H2,1-3H3,(H,22,25). The second kappa shape index (κ2) is 7.85. The summed E-state index contributed by atoms with van der Waals surface area (Å²) in [6.45, 7) is 7.35. The molecule has 1 atom stereocenters. The van der Waals surface area contributed by atoms with Gasteiger partial charge in [0.05, 0.1) is 11.8 Å². The first-order valence-electron chi connectivity index (χ1n) is 9.41. The van der Waals surface area contributed by atoms with E-state index < -0.39 is 0 Å². The Morgan fingerprint density at radius 2 is 2.15 bits per heavy atom. The zero-order valence-corrected chi connectivity index (χ0v) is 15.7. The maximum atomic E-state index is 12.9. The van der Waals surface area contributed by atoms with Crippen molar-refractivity contribution in [2.24, 2.45) is 0 Å². The number of hydrogen-bond donors (Lipinski definition) is 1. The molecule has 3 rings (SSSR count). The fraction of sp³-hybridized carbons (Fsp3) is 0.579. The second-order valence-corrected chi connectivity index (χ2v) is 7.23. The van der Waals surface area contributed by atoms with Gasteiger partial charge in [-0.3, -0.25) is 9.59 Å². The van der Waals surface area contributed by atoms with E-state index in [0.29, 0.717) is 25.1 Å². The highest BCUT2D eigenvalue weighted by atomic mass is 16.2. The van der Waals surface area contributed by atoms with Crippen molar-refractivity contribution < 1.29 is 9.59 Å². The molecule has 1 saturated heterocycles. The van der Waals surface area contributed by atoms with E-state index in [1.807, 2.05) is 36.4 Å². The number of hydrogen-bond acceptors (Lipinski definition) is 4. The maximum Gasteiger partial charge on any atom is 0.255 e. The van der Waals surface area contributed by atoms with Crippen LogP contribution in [0, 0.1) is 0 Å². The summed E-state index contributed by atoms with van der Waals surface area (Å²) in [4.78, 5) is 31.0. The highest BCUT2D eigenvalue weighted by Gasteiger charge is 2.26. The lowest BCUT2D eigenvalue weighted by Gasteiger charge is -2.33. The van der Waals surface area contributed by atoms with Gasteiger partial charge in [0.15, 0.2) is 5.65 Å². The minimum atomic E-state index is -0.0360. The zero-order chi connectivity index (χ0) is 18.7. The number of nitrogens with one attached hydrogen (secondary N) is 1. The quantitative estimate of drug-likeness (QED) is 0.892. The lowest BCUT2D eigenvalue weighted by atomic mass is 10.0. The molecule has 26 heavy (non-hydrogen) atoms. The summed E-state index contributed by atoms with van der Waals surface area (Å²) >= 11 is 0. The Labute approximate surface area is 153 Å². The third kappa shape index (κ3) is 3.86. The fourth-order valence-corrected chi connectivity index (χ4v) is 3.42. The van der Waals surface area contributed by atoms with Gasteiger partial charge < -0.3 is 10.2 Å². The molecular weight excluding hydrogens is 330 g/mol. The number of pyridine rings is 1. The number of carbonyl (C=O) groups is 2. The Balaban J connectivity index is 1.72. The highest BCUT2D eigenvalue weighted by molar-refractivity contribution is 5.97. The van der Waals surface area contributed by atoms with Crippen molar-refractivity contribution in [3.05, 3.63) is 24.0 Å². The maximum absolute atomic E-state index is 12.9. The monoisotopic (exact) mass is 357 g/mol. The van der Waals surface area contributed by atoms with Crippen LogP contribution in [0.4, 0.5) is 0 Å². The topological polar surface area (TPSA) is 80.1 Å². The van der Waals surface area contributed by atoms with Gasteiger partial charge in [0, 0.05) is 43.2 Å². The molecule has 1 unspecified atom stereocenters. The van der Waals surface area contributed by atoms with Gasteiger partial charge in [-0.05, 0) is 39.2 Å². The molecular formula is C19H27N5O2. The molecule has 0 aliphatic carbocycles. The van der Waals surface area contributed by atoms with Crippen molar-refractivity contribution in [3.8, 4) is 0 Å². The van der Waals surface area contributed by atoms with Crippen molar-refractivity contribution in [1.82, 2.24) is 25.0 Å². The molecule has 0 spiro atoms. The van der Waals surface area contributed by atoms with E-state index in [4.69, 9.17) is 0 Å². The Morgan fingerprint density at radius 3 is 2.88 bits per heavy atom. The fourth-order valence-electron chi connectivity index (χ4n) is 3.42. The van der Waals surface area contributed by atoms with E-state index in [1.165, 1.54) is 0 Å². The molecule has 1 aliphatic rings. The minimum absolute atomic E-state index is 0.0344. The number of likely N-dealkylation sites (tertiary alicyclic amines) is 1. The molecule has 0 saturated carbocycles. The van der Waals surface area contributed by atoms with E-state index in [1.54, 1.807) is 12.4 Å². The predicted molar refractivity (Wildman–Crippen MR) is 99.9 cm³/mol. The molecule has 0 radical (unpaired) electrons. The lowest BCUT2D eigenvalue weighted by molar-refractivity contribution is -0.122. The van der Waals surface area contributed by atoms with Crippen LogP contribution in [-0.4, -0.2) is 50.6 Å². The Hall–Kier alpha value is -2.44. The van der Waals surface area contributed by atoms with Crippen LogP contribution in [-0.2, 0) is 4.79 Å². The second-order valence-electron chi connectivity index (χ2n) is 7.23. The van der Waals surface area contributed by atoms with Crippen molar-refractivity contribution in [3.63, 3.8) is 0 Å². The molecule has 0 aromatic carbocycles. The number of carbonyl (C=O) groups excluding carboxylic acids is 2. The molecule has 2 aromatic rings. The summed E-state index contributed by atoms with van der Waals surface area (Å²) < 4.78 is 1.85. The molecule has 2 amide bonds. The van der Waals surface area contributed by atoms with E-state index in [9.17, 15) is 9.59 Å². The van der Waals surface area contributed by atoms with Crippen LogP contribution in [0.15, 0.2) is 18.5 Å². The molecule has 0 bridgehead atoms. The van der Waals surface area contributed by atoms with Gasteiger partial charge in [0.2, 0.25) is 5.91 Å². The Morgan fingerprint density at radius 1 is 1.35 bits per heavy atom. The molecule has 2 aromatic heterocycles. The summed E-state index contributed by atoms with van der Waals surface area (Å²) in [6.07, 6.45) is 6.55. The van der Waals surface area contributed by atoms with Crippen LogP contribution in [0.25, 0.3) is 11.0 Å². The molecule has 7 heteroatoms. The Kier molecular flexibility index (Phi) is 5.54. The summed E-state index contributed by atoms with van der Waals surface area (Å²) in [5.41, 5.74) is 1.36. The minimum Gasteiger partial charge on any atom is -0.352 e. The van der Waals surface area contributed by atoms with Gasteiger partial charge in [-0.25, -0.2) is 9.67 Å². The van der Waals surface area contributed by atoms with E-state index in [-0.39, 0.29) is 23.9 Å². The SMILES string of the molecule is CCCC(=O)NC1CCCN(C(=O)c2cnc3c(cnn3C(C)C)c2)C1.